The number of unbranched alkanes of at least 4 members (excludes halogenated alkanes) is 8. The van der Waals surface area contributed by atoms with Crippen LogP contribution in [0.5, 0.6) is 0 Å². The molecule has 0 atom stereocenters. The number of rotatable bonds is 13. The van der Waals surface area contributed by atoms with E-state index in [4.69, 9.17) is 10.8 Å². The van der Waals surface area contributed by atoms with Gasteiger partial charge in [0, 0.05) is 36.0 Å². The van der Waals surface area contributed by atoms with E-state index < -0.39 is 24.3 Å². The molecule has 2 amide bonds. The van der Waals surface area contributed by atoms with E-state index in [9.17, 15) is 14.4 Å². The third kappa shape index (κ3) is 13.7. The number of carbonyl (C=O) groups is 3. The normalized spacial score (nSPS) is 10.0. The summed E-state index contributed by atoms with van der Waals surface area (Å²) in [5.74, 6) is -2.29. The van der Waals surface area contributed by atoms with Gasteiger partial charge in [-0.25, -0.2) is 0 Å². The van der Waals surface area contributed by atoms with E-state index in [2.05, 4.69) is 6.92 Å². The molecule has 3 N–H and O–H groups in total. The van der Waals surface area contributed by atoms with E-state index >= 15 is 0 Å². The molecule has 7 heteroatoms. The molecule has 0 aromatic rings. The largest absolute Gasteiger partial charge is 0.480 e. The van der Waals surface area contributed by atoms with Crippen LogP contribution in [0.25, 0.3) is 0 Å². The van der Waals surface area contributed by atoms with Crippen LogP contribution in [0.15, 0.2) is 0 Å². The van der Waals surface area contributed by atoms with Gasteiger partial charge >= 0.3 is 5.97 Å². The maximum atomic E-state index is 11.9. The molecule has 0 rings (SSSR count). The molecule has 0 aliphatic rings. The summed E-state index contributed by atoms with van der Waals surface area (Å²) in [5.41, 5.74) is 5.19. The van der Waals surface area contributed by atoms with Crippen molar-refractivity contribution in [3.63, 3.8) is 0 Å². The summed E-state index contributed by atoms with van der Waals surface area (Å²) >= 11 is 0. The second-order valence-electron chi connectivity index (χ2n) is 5.55. The fourth-order valence-electron chi connectivity index (χ4n) is 2.28. The minimum Gasteiger partial charge on any atom is -0.480 e. The fourth-order valence-corrected chi connectivity index (χ4v) is 2.28. The van der Waals surface area contributed by atoms with Crippen molar-refractivity contribution in [2.75, 3.05) is 13.1 Å². The predicted molar refractivity (Wildman–Crippen MR) is 91.0 cm³/mol. The number of carboxylic acid groups (broad SMARTS) is 1. The van der Waals surface area contributed by atoms with E-state index in [-0.39, 0.29) is 42.5 Å². The third-order valence-electron chi connectivity index (χ3n) is 3.56. The molecule has 0 saturated heterocycles. The van der Waals surface area contributed by atoms with Crippen LogP contribution in [-0.2, 0) is 14.4 Å². The number of imide groups is 1. The molecule has 0 aliphatic heterocycles. The Morgan fingerprint density at radius 1 is 0.870 bits per heavy atom. The average molecular weight is 337 g/mol. The van der Waals surface area contributed by atoms with E-state index in [0.717, 1.165) is 17.7 Å². The topological polar surface area (TPSA) is 101 Å². The van der Waals surface area contributed by atoms with Crippen molar-refractivity contribution in [3.8, 4) is 0 Å². The monoisotopic (exact) mass is 337 g/mol. The first-order valence-electron chi connectivity index (χ1n) is 8.28. The van der Waals surface area contributed by atoms with Crippen LogP contribution in [0.1, 0.15) is 71.1 Å². The number of carbonyl (C=O) groups excluding carboxylic acids is 2. The van der Waals surface area contributed by atoms with Gasteiger partial charge < -0.3 is 10.8 Å². The summed E-state index contributed by atoms with van der Waals surface area (Å²) in [6.45, 7) is 1.24. The number of carboxylic acids is 1. The SMILES string of the molecule is CCCCCCCCCCCC(=O)N(CC(=O)O)C(=O)CN.[Na]. The van der Waals surface area contributed by atoms with Gasteiger partial charge in [-0.3, -0.25) is 19.3 Å². The quantitative estimate of drug-likeness (QED) is 0.395. The van der Waals surface area contributed by atoms with Crippen LogP contribution in [0.2, 0.25) is 0 Å². The maximum absolute atomic E-state index is 11.9. The standard InChI is InChI=1S/C16H30N2O4.Na/c1-2-3-4-5-6-7-8-9-10-11-14(19)18(13-16(21)22)15(20)12-17;/h2-13,17H2,1H3,(H,21,22);. The van der Waals surface area contributed by atoms with Crippen LogP contribution in [0.3, 0.4) is 0 Å². The zero-order valence-electron chi connectivity index (χ0n) is 14.7. The molecule has 6 nitrogen and oxygen atoms in total. The first-order chi connectivity index (χ1) is 10.5. The van der Waals surface area contributed by atoms with Crippen molar-refractivity contribution in [1.82, 2.24) is 4.90 Å². The zero-order chi connectivity index (χ0) is 16.8. The van der Waals surface area contributed by atoms with E-state index in [0.29, 0.717) is 6.42 Å². The average Bonchev–Trinajstić information content (AvgIpc) is 2.49. The molecule has 23 heavy (non-hydrogen) atoms. The fraction of sp³-hybridized carbons (Fsp3) is 0.812. The predicted octanol–water partition coefficient (Wildman–Crippen LogP) is 1.92. The molecule has 1 radical (unpaired) electrons. The van der Waals surface area contributed by atoms with Gasteiger partial charge in [-0.05, 0) is 6.42 Å². The molecule has 0 aromatic carbocycles. The van der Waals surface area contributed by atoms with Crippen LogP contribution < -0.4 is 5.73 Å². The van der Waals surface area contributed by atoms with Crippen molar-refractivity contribution >= 4 is 47.3 Å². The number of nitrogens with zero attached hydrogens (tertiary/aromatic N) is 1. The molecule has 0 unspecified atom stereocenters. The Hall–Kier alpha value is -0.430. The van der Waals surface area contributed by atoms with Gasteiger partial charge in [-0.1, -0.05) is 58.3 Å². The molecule has 0 heterocycles. The Morgan fingerprint density at radius 2 is 1.35 bits per heavy atom. The molecule has 0 fully saturated rings. The molecule has 129 valence electrons. The second kappa shape index (κ2) is 16.4. The molecule has 0 aromatic heterocycles. The Labute approximate surface area is 161 Å². The van der Waals surface area contributed by atoms with Gasteiger partial charge in [0.1, 0.15) is 6.54 Å². The maximum Gasteiger partial charge on any atom is 0.323 e. The molecular weight excluding hydrogens is 307 g/mol. The first-order valence-corrected chi connectivity index (χ1v) is 8.28. The van der Waals surface area contributed by atoms with E-state index in [1.807, 2.05) is 0 Å². The summed E-state index contributed by atoms with van der Waals surface area (Å²) in [7, 11) is 0. The van der Waals surface area contributed by atoms with Crippen LogP contribution in [0, 0.1) is 0 Å². The van der Waals surface area contributed by atoms with Gasteiger partial charge in [0.15, 0.2) is 0 Å². The first kappa shape index (κ1) is 24.8. The number of aliphatic carboxylic acids is 1. The summed E-state index contributed by atoms with van der Waals surface area (Å²) < 4.78 is 0. The van der Waals surface area contributed by atoms with Gasteiger partial charge in [0.05, 0.1) is 6.54 Å². The zero-order valence-corrected chi connectivity index (χ0v) is 16.7. The summed E-state index contributed by atoms with van der Waals surface area (Å²) in [5, 5.41) is 8.72. The minimum atomic E-state index is -1.21. The van der Waals surface area contributed by atoms with Gasteiger partial charge in [-0.15, -0.1) is 0 Å². The Morgan fingerprint density at radius 3 is 1.78 bits per heavy atom. The summed E-state index contributed by atoms with van der Waals surface area (Å²) in [6.07, 6.45) is 10.4. The van der Waals surface area contributed by atoms with E-state index in [1.165, 1.54) is 38.5 Å². The van der Waals surface area contributed by atoms with Crippen molar-refractivity contribution in [1.29, 1.82) is 0 Å². The summed E-state index contributed by atoms with van der Waals surface area (Å²) in [6, 6.07) is 0. The van der Waals surface area contributed by atoms with Gasteiger partial charge in [-0.2, -0.15) is 0 Å². The van der Waals surface area contributed by atoms with Crippen LogP contribution in [0.4, 0.5) is 0 Å². The minimum absolute atomic E-state index is 0. The Balaban J connectivity index is 0. The van der Waals surface area contributed by atoms with Gasteiger partial charge in [0.2, 0.25) is 11.8 Å². The Bertz CT molecular complexity index is 351. The van der Waals surface area contributed by atoms with Crippen molar-refractivity contribution < 1.29 is 19.5 Å². The number of hydrogen-bond donors (Lipinski definition) is 2. The molecule has 0 aliphatic carbocycles. The van der Waals surface area contributed by atoms with Crippen molar-refractivity contribution in [2.45, 2.75) is 71.1 Å². The second-order valence-corrected chi connectivity index (χ2v) is 5.55. The number of amides is 2. The van der Waals surface area contributed by atoms with Crippen molar-refractivity contribution in [3.05, 3.63) is 0 Å². The smallest absolute Gasteiger partial charge is 0.323 e. The molecule has 0 bridgehead atoms. The van der Waals surface area contributed by atoms with Crippen LogP contribution >= 0.6 is 0 Å². The van der Waals surface area contributed by atoms with Crippen molar-refractivity contribution in [2.24, 2.45) is 5.73 Å². The molecule has 0 saturated carbocycles. The van der Waals surface area contributed by atoms with Gasteiger partial charge in [0.25, 0.3) is 0 Å². The summed E-state index contributed by atoms with van der Waals surface area (Å²) in [4.78, 5) is 34.8. The number of nitrogens with two attached hydrogens (primary N) is 1. The molecule has 0 spiro atoms. The third-order valence-corrected chi connectivity index (χ3v) is 3.56. The van der Waals surface area contributed by atoms with Crippen LogP contribution in [-0.4, -0.2) is 70.4 Å². The number of hydrogen-bond acceptors (Lipinski definition) is 4. The van der Waals surface area contributed by atoms with E-state index in [1.54, 1.807) is 0 Å². The Kier molecular flexibility index (Phi) is 17.7. The molecular formula is C16H30N2NaO4.